The SMILES string of the molecule is CC1CCCN1C(=O)C1CCO1. The van der Waals surface area contributed by atoms with Crippen molar-refractivity contribution in [3.05, 3.63) is 0 Å². The van der Waals surface area contributed by atoms with Crippen LogP contribution in [-0.2, 0) is 9.53 Å². The molecule has 2 atom stereocenters. The standard InChI is InChI=1S/C9H15NO2/c1-7-3-2-5-10(7)9(11)8-4-6-12-8/h7-8H,2-6H2,1H3. The van der Waals surface area contributed by atoms with E-state index in [1.165, 1.54) is 0 Å². The molecule has 2 rings (SSSR count). The third-order valence-corrected chi connectivity index (χ3v) is 2.81. The third kappa shape index (κ3) is 1.22. The molecule has 0 bridgehead atoms. The summed E-state index contributed by atoms with van der Waals surface area (Å²) < 4.78 is 5.16. The van der Waals surface area contributed by atoms with Crippen molar-refractivity contribution in [1.82, 2.24) is 4.90 Å². The molecule has 3 nitrogen and oxygen atoms in total. The van der Waals surface area contributed by atoms with Crippen LogP contribution in [-0.4, -0.2) is 36.1 Å². The summed E-state index contributed by atoms with van der Waals surface area (Å²) in [6.07, 6.45) is 3.12. The number of rotatable bonds is 1. The molecular weight excluding hydrogens is 154 g/mol. The maximum Gasteiger partial charge on any atom is 0.252 e. The Balaban J connectivity index is 1.93. The van der Waals surface area contributed by atoms with Crippen molar-refractivity contribution in [1.29, 1.82) is 0 Å². The second-order valence-corrected chi connectivity index (χ2v) is 3.67. The van der Waals surface area contributed by atoms with Crippen LogP contribution in [0, 0.1) is 0 Å². The molecule has 0 radical (unpaired) electrons. The number of nitrogens with zero attached hydrogens (tertiary/aromatic N) is 1. The number of hydrogen-bond acceptors (Lipinski definition) is 2. The highest BCUT2D eigenvalue weighted by Gasteiger charge is 2.34. The molecule has 2 aliphatic heterocycles. The lowest BCUT2D eigenvalue weighted by molar-refractivity contribution is -0.156. The number of amides is 1. The number of likely N-dealkylation sites (tertiary alicyclic amines) is 1. The van der Waals surface area contributed by atoms with Crippen LogP contribution in [0.25, 0.3) is 0 Å². The fourth-order valence-electron chi connectivity index (χ4n) is 1.88. The van der Waals surface area contributed by atoms with Gasteiger partial charge in [0, 0.05) is 19.0 Å². The van der Waals surface area contributed by atoms with Gasteiger partial charge in [0.2, 0.25) is 0 Å². The zero-order valence-corrected chi connectivity index (χ0v) is 7.45. The molecule has 0 aliphatic carbocycles. The van der Waals surface area contributed by atoms with Crippen molar-refractivity contribution in [3.63, 3.8) is 0 Å². The fraction of sp³-hybridized carbons (Fsp3) is 0.889. The van der Waals surface area contributed by atoms with E-state index in [2.05, 4.69) is 6.92 Å². The molecule has 0 saturated carbocycles. The van der Waals surface area contributed by atoms with E-state index in [4.69, 9.17) is 4.74 Å². The van der Waals surface area contributed by atoms with Gasteiger partial charge in [-0.05, 0) is 19.8 Å². The van der Waals surface area contributed by atoms with Crippen LogP contribution in [0.3, 0.4) is 0 Å². The van der Waals surface area contributed by atoms with E-state index in [0.29, 0.717) is 6.04 Å². The summed E-state index contributed by atoms with van der Waals surface area (Å²) >= 11 is 0. The predicted molar refractivity (Wildman–Crippen MR) is 44.8 cm³/mol. The van der Waals surface area contributed by atoms with Crippen molar-refractivity contribution >= 4 is 5.91 Å². The quantitative estimate of drug-likeness (QED) is 0.580. The predicted octanol–water partition coefficient (Wildman–Crippen LogP) is 0.786. The molecule has 0 spiro atoms. The highest BCUT2D eigenvalue weighted by Crippen LogP contribution is 2.21. The first kappa shape index (κ1) is 8.05. The van der Waals surface area contributed by atoms with Gasteiger partial charge in [0.15, 0.2) is 0 Å². The average Bonchev–Trinajstić information content (AvgIpc) is 2.31. The van der Waals surface area contributed by atoms with Crippen LogP contribution < -0.4 is 0 Å². The van der Waals surface area contributed by atoms with Crippen LogP contribution in [0.15, 0.2) is 0 Å². The molecule has 0 N–H and O–H groups in total. The van der Waals surface area contributed by atoms with E-state index in [1.54, 1.807) is 0 Å². The molecule has 0 aromatic heterocycles. The first-order valence-corrected chi connectivity index (χ1v) is 4.71. The van der Waals surface area contributed by atoms with E-state index in [-0.39, 0.29) is 12.0 Å². The summed E-state index contributed by atoms with van der Waals surface area (Å²) in [5.74, 6) is 0.214. The summed E-state index contributed by atoms with van der Waals surface area (Å²) in [6.45, 7) is 3.81. The Morgan fingerprint density at radius 2 is 2.25 bits per heavy atom. The van der Waals surface area contributed by atoms with Gasteiger partial charge in [-0.1, -0.05) is 0 Å². The number of carbonyl (C=O) groups is 1. The molecule has 3 heteroatoms. The molecular formula is C9H15NO2. The van der Waals surface area contributed by atoms with Gasteiger partial charge >= 0.3 is 0 Å². The minimum atomic E-state index is -0.106. The van der Waals surface area contributed by atoms with Crippen LogP contribution in [0.1, 0.15) is 26.2 Å². The van der Waals surface area contributed by atoms with Crippen molar-refractivity contribution in [2.24, 2.45) is 0 Å². The van der Waals surface area contributed by atoms with Crippen LogP contribution in [0.5, 0.6) is 0 Å². The van der Waals surface area contributed by atoms with Crippen LogP contribution in [0.4, 0.5) is 0 Å². The summed E-state index contributed by atoms with van der Waals surface area (Å²) in [5.41, 5.74) is 0. The van der Waals surface area contributed by atoms with E-state index in [0.717, 1.165) is 32.4 Å². The molecule has 1 amide bonds. The summed E-state index contributed by atoms with van der Waals surface area (Å²) in [6, 6.07) is 0.432. The fourth-order valence-corrected chi connectivity index (χ4v) is 1.88. The van der Waals surface area contributed by atoms with Gasteiger partial charge in [-0.3, -0.25) is 4.79 Å². The molecule has 2 saturated heterocycles. The average molecular weight is 169 g/mol. The largest absolute Gasteiger partial charge is 0.368 e. The first-order valence-electron chi connectivity index (χ1n) is 4.71. The molecule has 68 valence electrons. The maximum atomic E-state index is 11.6. The van der Waals surface area contributed by atoms with Gasteiger partial charge < -0.3 is 9.64 Å². The lowest BCUT2D eigenvalue weighted by Crippen LogP contribution is -2.46. The van der Waals surface area contributed by atoms with Crippen molar-refractivity contribution in [2.45, 2.75) is 38.3 Å². The monoisotopic (exact) mass is 169 g/mol. The third-order valence-electron chi connectivity index (χ3n) is 2.81. The molecule has 0 aromatic rings. The summed E-state index contributed by atoms with van der Waals surface area (Å²) in [7, 11) is 0. The number of ether oxygens (including phenoxy) is 1. The summed E-state index contributed by atoms with van der Waals surface area (Å²) in [5, 5.41) is 0. The Hall–Kier alpha value is -0.570. The molecule has 12 heavy (non-hydrogen) atoms. The summed E-state index contributed by atoms with van der Waals surface area (Å²) in [4.78, 5) is 13.6. The second kappa shape index (κ2) is 3.05. The minimum Gasteiger partial charge on any atom is -0.368 e. The molecule has 0 aromatic carbocycles. The van der Waals surface area contributed by atoms with Crippen LogP contribution in [0.2, 0.25) is 0 Å². The van der Waals surface area contributed by atoms with Crippen molar-refractivity contribution < 1.29 is 9.53 Å². The second-order valence-electron chi connectivity index (χ2n) is 3.67. The first-order chi connectivity index (χ1) is 5.79. The Morgan fingerprint density at radius 3 is 2.67 bits per heavy atom. The smallest absolute Gasteiger partial charge is 0.252 e. The molecule has 2 aliphatic rings. The number of carbonyl (C=O) groups excluding carboxylic acids is 1. The van der Waals surface area contributed by atoms with Gasteiger partial charge in [0.25, 0.3) is 5.91 Å². The Labute approximate surface area is 72.7 Å². The van der Waals surface area contributed by atoms with E-state index >= 15 is 0 Å². The van der Waals surface area contributed by atoms with Gasteiger partial charge in [0.1, 0.15) is 6.10 Å². The van der Waals surface area contributed by atoms with Gasteiger partial charge in [0.05, 0.1) is 6.61 Å². The van der Waals surface area contributed by atoms with Crippen LogP contribution >= 0.6 is 0 Å². The van der Waals surface area contributed by atoms with E-state index < -0.39 is 0 Å². The normalized spacial score (nSPS) is 34.9. The van der Waals surface area contributed by atoms with Crippen molar-refractivity contribution in [3.8, 4) is 0 Å². The Kier molecular flexibility index (Phi) is 2.05. The number of hydrogen-bond donors (Lipinski definition) is 0. The van der Waals surface area contributed by atoms with Gasteiger partial charge in [-0.15, -0.1) is 0 Å². The maximum absolute atomic E-state index is 11.6. The molecule has 2 heterocycles. The Morgan fingerprint density at radius 1 is 1.50 bits per heavy atom. The van der Waals surface area contributed by atoms with E-state index in [9.17, 15) is 4.79 Å². The highest BCUT2D eigenvalue weighted by atomic mass is 16.5. The minimum absolute atomic E-state index is 0.106. The van der Waals surface area contributed by atoms with Gasteiger partial charge in [-0.25, -0.2) is 0 Å². The zero-order chi connectivity index (χ0) is 8.55. The highest BCUT2D eigenvalue weighted by molar-refractivity contribution is 5.82. The van der Waals surface area contributed by atoms with Gasteiger partial charge in [-0.2, -0.15) is 0 Å². The van der Waals surface area contributed by atoms with E-state index in [1.807, 2.05) is 4.90 Å². The topological polar surface area (TPSA) is 29.5 Å². The Bertz CT molecular complexity index is 189. The molecule has 2 unspecified atom stereocenters. The zero-order valence-electron chi connectivity index (χ0n) is 7.45. The molecule has 2 fully saturated rings. The lowest BCUT2D eigenvalue weighted by Gasteiger charge is -2.31. The lowest BCUT2D eigenvalue weighted by atomic mass is 10.1. The van der Waals surface area contributed by atoms with Crippen molar-refractivity contribution in [2.75, 3.05) is 13.2 Å².